The van der Waals surface area contributed by atoms with Crippen LogP contribution in [0, 0.1) is 5.92 Å². The lowest BCUT2D eigenvalue weighted by atomic mass is 9.76. The van der Waals surface area contributed by atoms with Crippen molar-refractivity contribution in [2.75, 3.05) is 0 Å². The van der Waals surface area contributed by atoms with E-state index in [9.17, 15) is 14.7 Å². The van der Waals surface area contributed by atoms with Crippen molar-refractivity contribution in [1.82, 2.24) is 5.32 Å². The van der Waals surface area contributed by atoms with Gasteiger partial charge < -0.3 is 10.4 Å². The Kier molecular flexibility index (Phi) is 4.66. The van der Waals surface area contributed by atoms with Crippen LogP contribution >= 0.6 is 0 Å². The summed E-state index contributed by atoms with van der Waals surface area (Å²) < 4.78 is 0. The van der Waals surface area contributed by atoms with Crippen molar-refractivity contribution in [3.05, 3.63) is 35.4 Å². The number of carbonyl (C=O) groups excluding carboxylic acids is 1. The van der Waals surface area contributed by atoms with Crippen LogP contribution in [0.25, 0.3) is 0 Å². The molecule has 1 saturated carbocycles. The Morgan fingerprint density at radius 2 is 2.00 bits per heavy atom. The summed E-state index contributed by atoms with van der Waals surface area (Å²) >= 11 is 0. The highest BCUT2D eigenvalue weighted by Crippen LogP contribution is 2.32. The molecule has 0 heterocycles. The Labute approximate surface area is 125 Å². The van der Waals surface area contributed by atoms with E-state index in [2.05, 4.69) is 12.2 Å². The van der Waals surface area contributed by atoms with E-state index >= 15 is 0 Å². The topological polar surface area (TPSA) is 66.4 Å². The molecule has 2 unspecified atom stereocenters. The summed E-state index contributed by atoms with van der Waals surface area (Å²) in [7, 11) is 0. The van der Waals surface area contributed by atoms with E-state index < -0.39 is 11.5 Å². The van der Waals surface area contributed by atoms with Crippen molar-refractivity contribution in [2.24, 2.45) is 5.92 Å². The maximum Gasteiger partial charge on any atom is 0.329 e. The van der Waals surface area contributed by atoms with Crippen LogP contribution in [0.1, 0.15) is 55.5 Å². The van der Waals surface area contributed by atoms with Crippen molar-refractivity contribution in [1.29, 1.82) is 0 Å². The van der Waals surface area contributed by atoms with Gasteiger partial charge in [-0.1, -0.05) is 38.8 Å². The first-order valence-electron chi connectivity index (χ1n) is 7.61. The van der Waals surface area contributed by atoms with E-state index in [-0.39, 0.29) is 5.91 Å². The monoisotopic (exact) mass is 289 g/mol. The van der Waals surface area contributed by atoms with Crippen LogP contribution in [0.2, 0.25) is 0 Å². The molecule has 0 aliphatic heterocycles. The molecular formula is C17H23NO3. The number of nitrogens with one attached hydrogen (secondary N) is 1. The third-order valence-corrected chi connectivity index (χ3v) is 4.38. The molecule has 0 aromatic heterocycles. The molecule has 114 valence electrons. The van der Waals surface area contributed by atoms with Crippen LogP contribution in [-0.4, -0.2) is 22.5 Å². The number of carboxylic acids is 1. The van der Waals surface area contributed by atoms with E-state index in [1.807, 2.05) is 19.1 Å². The number of rotatable bonds is 4. The maximum absolute atomic E-state index is 12.4. The molecule has 1 aromatic rings. The fourth-order valence-corrected chi connectivity index (χ4v) is 3.09. The zero-order valence-corrected chi connectivity index (χ0v) is 12.7. The van der Waals surface area contributed by atoms with Crippen molar-refractivity contribution in [3.63, 3.8) is 0 Å². The molecule has 0 saturated heterocycles. The van der Waals surface area contributed by atoms with Gasteiger partial charge in [-0.2, -0.15) is 0 Å². The maximum atomic E-state index is 12.4. The highest BCUT2D eigenvalue weighted by Gasteiger charge is 2.43. The fourth-order valence-electron chi connectivity index (χ4n) is 3.09. The van der Waals surface area contributed by atoms with Gasteiger partial charge in [0, 0.05) is 5.56 Å². The van der Waals surface area contributed by atoms with E-state index in [0.29, 0.717) is 24.3 Å². The molecule has 1 fully saturated rings. The van der Waals surface area contributed by atoms with Crippen molar-refractivity contribution >= 4 is 11.9 Å². The predicted octanol–water partition coefficient (Wildman–Crippen LogP) is 3.01. The van der Waals surface area contributed by atoms with Crippen LogP contribution in [-0.2, 0) is 11.2 Å². The zero-order valence-electron chi connectivity index (χ0n) is 12.7. The molecule has 1 aromatic carbocycles. The molecular weight excluding hydrogens is 266 g/mol. The smallest absolute Gasteiger partial charge is 0.329 e. The van der Waals surface area contributed by atoms with Gasteiger partial charge in [0.2, 0.25) is 0 Å². The molecule has 21 heavy (non-hydrogen) atoms. The van der Waals surface area contributed by atoms with Crippen LogP contribution in [0.4, 0.5) is 0 Å². The predicted molar refractivity (Wildman–Crippen MR) is 81.3 cm³/mol. The normalized spacial score (nSPS) is 25.3. The van der Waals surface area contributed by atoms with Gasteiger partial charge in [0.15, 0.2) is 0 Å². The highest BCUT2D eigenvalue weighted by atomic mass is 16.4. The second-order valence-corrected chi connectivity index (χ2v) is 6.09. The van der Waals surface area contributed by atoms with Gasteiger partial charge in [-0.25, -0.2) is 4.79 Å². The minimum Gasteiger partial charge on any atom is -0.480 e. The molecule has 1 aliphatic rings. The molecule has 0 spiro atoms. The number of carboxylic acid groups (broad SMARTS) is 1. The number of benzene rings is 1. The Hall–Kier alpha value is -1.84. The van der Waals surface area contributed by atoms with Crippen molar-refractivity contribution < 1.29 is 14.7 Å². The Morgan fingerprint density at radius 1 is 1.33 bits per heavy atom. The lowest BCUT2D eigenvalue weighted by Gasteiger charge is -2.37. The zero-order chi connectivity index (χ0) is 15.5. The summed E-state index contributed by atoms with van der Waals surface area (Å²) in [5, 5.41) is 12.3. The van der Waals surface area contributed by atoms with E-state index in [4.69, 9.17) is 0 Å². The van der Waals surface area contributed by atoms with Crippen molar-refractivity contribution in [3.8, 4) is 0 Å². The van der Waals surface area contributed by atoms with E-state index in [1.165, 1.54) is 0 Å². The SMILES string of the molecule is CCc1ccc(C(=O)NC2(C(=O)O)CCCC(C)C2)cc1. The van der Waals surface area contributed by atoms with Gasteiger partial charge in [-0.3, -0.25) is 4.79 Å². The first kappa shape index (κ1) is 15.5. The van der Waals surface area contributed by atoms with Gasteiger partial charge in [0.05, 0.1) is 0 Å². The number of hydrogen-bond donors (Lipinski definition) is 2. The molecule has 2 N–H and O–H groups in total. The number of aliphatic carboxylic acids is 1. The summed E-state index contributed by atoms with van der Waals surface area (Å²) in [5.41, 5.74) is 0.565. The van der Waals surface area contributed by atoms with Crippen molar-refractivity contribution in [2.45, 2.75) is 51.5 Å². The second-order valence-electron chi connectivity index (χ2n) is 6.09. The minimum atomic E-state index is -1.11. The molecule has 2 atom stereocenters. The van der Waals surface area contributed by atoms with Crippen LogP contribution in [0.15, 0.2) is 24.3 Å². The van der Waals surface area contributed by atoms with E-state index in [1.54, 1.807) is 12.1 Å². The molecule has 1 amide bonds. The molecule has 4 nitrogen and oxygen atoms in total. The summed E-state index contributed by atoms with van der Waals surface area (Å²) in [6.07, 6.45) is 3.78. The standard InChI is InChI=1S/C17H23NO3/c1-3-13-6-8-14(9-7-13)15(19)18-17(16(20)21)10-4-5-12(2)11-17/h6-9,12H,3-5,10-11H2,1-2H3,(H,18,19)(H,20,21). The van der Waals surface area contributed by atoms with E-state index in [0.717, 1.165) is 24.8 Å². The quantitative estimate of drug-likeness (QED) is 0.895. The first-order chi connectivity index (χ1) is 9.97. The van der Waals surface area contributed by atoms with Gasteiger partial charge in [-0.05, 0) is 42.9 Å². The van der Waals surface area contributed by atoms with Crippen LogP contribution in [0.3, 0.4) is 0 Å². The van der Waals surface area contributed by atoms with Crippen LogP contribution < -0.4 is 5.32 Å². The molecule has 0 radical (unpaired) electrons. The number of aryl methyl sites for hydroxylation is 1. The summed E-state index contributed by atoms with van der Waals surface area (Å²) in [5.74, 6) is -0.903. The molecule has 4 heteroatoms. The molecule has 2 rings (SSSR count). The number of carbonyl (C=O) groups is 2. The third-order valence-electron chi connectivity index (χ3n) is 4.38. The number of hydrogen-bond acceptors (Lipinski definition) is 2. The average Bonchev–Trinajstić information content (AvgIpc) is 2.47. The first-order valence-corrected chi connectivity index (χ1v) is 7.61. The van der Waals surface area contributed by atoms with Gasteiger partial charge in [-0.15, -0.1) is 0 Å². The molecule has 0 bridgehead atoms. The second kappa shape index (κ2) is 6.29. The lowest BCUT2D eigenvalue weighted by Crippen LogP contribution is -2.56. The largest absolute Gasteiger partial charge is 0.480 e. The van der Waals surface area contributed by atoms with Crippen LogP contribution in [0.5, 0.6) is 0 Å². The number of amides is 1. The third kappa shape index (κ3) is 3.43. The lowest BCUT2D eigenvalue weighted by molar-refractivity contribution is -0.146. The average molecular weight is 289 g/mol. The van der Waals surface area contributed by atoms with Gasteiger partial charge >= 0.3 is 5.97 Å². The molecule has 1 aliphatic carbocycles. The van der Waals surface area contributed by atoms with Gasteiger partial charge in [0.25, 0.3) is 5.91 Å². The summed E-state index contributed by atoms with van der Waals surface area (Å²) in [4.78, 5) is 24.0. The minimum absolute atomic E-state index is 0.297. The fraction of sp³-hybridized carbons (Fsp3) is 0.529. The summed E-state index contributed by atoms with van der Waals surface area (Å²) in [6, 6.07) is 7.34. The Morgan fingerprint density at radius 3 is 2.52 bits per heavy atom. The summed E-state index contributed by atoms with van der Waals surface area (Å²) in [6.45, 7) is 4.09. The van der Waals surface area contributed by atoms with Gasteiger partial charge in [0.1, 0.15) is 5.54 Å². The Bertz CT molecular complexity index is 523. The highest BCUT2D eigenvalue weighted by molar-refractivity contribution is 5.97. The Balaban J connectivity index is 2.16.